The highest BCUT2D eigenvalue weighted by molar-refractivity contribution is 7.91. The van der Waals surface area contributed by atoms with Gasteiger partial charge in [-0.15, -0.1) is 11.3 Å². The molecule has 2 N–H and O–H groups in total. The topological polar surface area (TPSA) is 92.3 Å². The summed E-state index contributed by atoms with van der Waals surface area (Å²) >= 11 is 1.23. The number of rotatable bonds is 8. The predicted octanol–water partition coefficient (Wildman–Crippen LogP) is 2.68. The molecule has 1 heterocycles. The summed E-state index contributed by atoms with van der Waals surface area (Å²) in [7, 11) is -3.89. The lowest BCUT2D eigenvalue weighted by Gasteiger charge is -2.17. The Morgan fingerprint density at radius 2 is 1.71 bits per heavy atom. The van der Waals surface area contributed by atoms with Crippen LogP contribution in [0.5, 0.6) is 0 Å². The summed E-state index contributed by atoms with van der Waals surface area (Å²) in [5.74, 6) is -1.85. The van der Waals surface area contributed by atoms with Crippen LogP contribution in [0.2, 0.25) is 0 Å². The van der Waals surface area contributed by atoms with Gasteiger partial charge in [-0.2, -0.15) is 0 Å². The average Bonchev–Trinajstić information content (AvgIpc) is 3.15. The fourth-order valence-corrected chi connectivity index (χ4v) is 5.23. The van der Waals surface area contributed by atoms with Crippen molar-refractivity contribution in [1.82, 2.24) is 10.6 Å². The van der Waals surface area contributed by atoms with Gasteiger partial charge in [-0.05, 0) is 48.1 Å². The van der Waals surface area contributed by atoms with Gasteiger partial charge in [0.1, 0.15) is 11.1 Å². The largest absolute Gasteiger partial charge is 0.348 e. The molecular weight excluding hydrogens is 403 g/mol. The Labute approximate surface area is 168 Å². The number of carbonyl (C=O) groups is 2. The molecule has 9 heteroatoms. The van der Waals surface area contributed by atoms with Crippen LogP contribution in [0.15, 0.2) is 46.7 Å². The molecule has 28 heavy (non-hydrogen) atoms. The van der Waals surface area contributed by atoms with Crippen LogP contribution in [0.3, 0.4) is 0 Å². The van der Waals surface area contributed by atoms with Crippen LogP contribution in [-0.4, -0.2) is 33.3 Å². The molecule has 0 spiro atoms. The molecule has 0 bridgehead atoms. The highest BCUT2D eigenvalue weighted by Crippen LogP contribution is 2.31. The Morgan fingerprint density at radius 1 is 1.07 bits per heavy atom. The summed E-state index contributed by atoms with van der Waals surface area (Å²) in [4.78, 5) is 24.4. The van der Waals surface area contributed by atoms with Gasteiger partial charge in [0, 0.05) is 18.0 Å². The first-order chi connectivity index (χ1) is 13.2. The third-order valence-electron chi connectivity index (χ3n) is 4.04. The average molecular weight is 427 g/mol. The molecule has 2 amide bonds. The van der Waals surface area contributed by atoms with Crippen molar-refractivity contribution in [2.24, 2.45) is 5.92 Å². The van der Waals surface area contributed by atoms with E-state index in [0.717, 1.165) is 18.6 Å². The highest BCUT2D eigenvalue weighted by Gasteiger charge is 2.31. The van der Waals surface area contributed by atoms with Crippen LogP contribution in [0.4, 0.5) is 4.39 Å². The minimum Gasteiger partial charge on any atom is -0.348 e. The maximum atomic E-state index is 13.1. The molecule has 0 aliphatic rings. The SMILES string of the molecule is CC(C)CCNC(=O)C(=O)NCC(c1cccs1)S(=O)(=O)c1ccc(F)cc1. The van der Waals surface area contributed by atoms with Crippen molar-refractivity contribution in [3.8, 4) is 0 Å². The molecule has 0 saturated carbocycles. The molecule has 0 aliphatic heterocycles. The smallest absolute Gasteiger partial charge is 0.309 e. The van der Waals surface area contributed by atoms with E-state index in [0.29, 0.717) is 17.3 Å². The normalized spacial score (nSPS) is 12.6. The van der Waals surface area contributed by atoms with E-state index in [1.807, 2.05) is 13.8 Å². The standard InChI is InChI=1S/C19H23FN2O4S2/c1-13(2)9-10-21-18(23)19(24)22-12-17(16-4-3-11-27-16)28(25,26)15-7-5-14(20)6-8-15/h3-8,11,13,17H,9-10,12H2,1-2H3,(H,21,23)(H,22,24). The Hall–Kier alpha value is -2.26. The fourth-order valence-electron chi connectivity index (χ4n) is 2.45. The molecule has 1 aromatic carbocycles. The number of amides is 2. The van der Waals surface area contributed by atoms with E-state index in [4.69, 9.17) is 0 Å². The lowest BCUT2D eigenvalue weighted by molar-refractivity contribution is -0.139. The Balaban J connectivity index is 2.11. The summed E-state index contributed by atoms with van der Waals surface area (Å²) in [5.41, 5.74) is 0. The van der Waals surface area contributed by atoms with Gasteiger partial charge in [-0.3, -0.25) is 9.59 Å². The second-order valence-electron chi connectivity index (χ2n) is 6.65. The molecule has 1 atom stereocenters. The number of hydrogen-bond acceptors (Lipinski definition) is 5. The van der Waals surface area contributed by atoms with Crippen LogP contribution >= 0.6 is 11.3 Å². The van der Waals surface area contributed by atoms with E-state index in [1.165, 1.54) is 23.5 Å². The molecule has 0 aliphatic carbocycles. The number of sulfone groups is 1. The summed E-state index contributed by atoms with van der Waals surface area (Å²) in [6, 6.07) is 7.86. The van der Waals surface area contributed by atoms with Crippen molar-refractivity contribution in [2.45, 2.75) is 30.4 Å². The zero-order valence-corrected chi connectivity index (χ0v) is 17.3. The van der Waals surface area contributed by atoms with Gasteiger partial charge in [0.2, 0.25) is 0 Å². The monoisotopic (exact) mass is 426 g/mol. The van der Waals surface area contributed by atoms with Gasteiger partial charge in [0.05, 0.1) is 4.90 Å². The maximum Gasteiger partial charge on any atom is 0.309 e. The molecule has 1 aromatic heterocycles. The van der Waals surface area contributed by atoms with Crippen LogP contribution in [0.25, 0.3) is 0 Å². The van der Waals surface area contributed by atoms with E-state index in [2.05, 4.69) is 10.6 Å². The van der Waals surface area contributed by atoms with E-state index in [1.54, 1.807) is 17.5 Å². The van der Waals surface area contributed by atoms with Crippen LogP contribution in [0.1, 0.15) is 30.4 Å². The second-order valence-corrected chi connectivity index (χ2v) is 9.76. The number of halogens is 1. The first kappa shape index (κ1) is 22.0. The summed E-state index contributed by atoms with van der Waals surface area (Å²) in [6.45, 7) is 4.10. The van der Waals surface area contributed by atoms with Gasteiger partial charge >= 0.3 is 11.8 Å². The Morgan fingerprint density at radius 3 is 2.29 bits per heavy atom. The van der Waals surface area contributed by atoms with Gasteiger partial charge in [-0.25, -0.2) is 12.8 Å². The molecule has 1 unspecified atom stereocenters. The number of nitrogens with one attached hydrogen (secondary N) is 2. The van der Waals surface area contributed by atoms with Crippen LogP contribution < -0.4 is 10.6 Å². The number of thiophene rings is 1. The minimum atomic E-state index is -3.89. The molecule has 0 saturated heterocycles. The summed E-state index contributed by atoms with van der Waals surface area (Å²) in [6.07, 6.45) is 0.732. The first-order valence-corrected chi connectivity index (χ1v) is 11.2. The van der Waals surface area contributed by atoms with Crippen molar-refractivity contribution >= 4 is 33.0 Å². The quantitative estimate of drug-likeness (QED) is 0.501. The summed E-state index contributed by atoms with van der Waals surface area (Å²) < 4.78 is 39.2. The molecule has 0 fully saturated rings. The zero-order chi connectivity index (χ0) is 20.7. The molecule has 152 valence electrons. The van der Waals surface area contributed by atoms with E-state index < -0.39 is 32.7 Å². The molecule has 2 aromatic rings. The minimum absolute atomic E-state index is 0.0528. The lowest BCUT2D eigenvalue weighted by Crippen LogP contribution is -2.42. The predicted molar refractivity (Wildman–Crippen MR) is 106 cm³/mol. The zero-order valence-electron chi connectivity index (χ0n) is 15.6. The van der Waals surface area contributed by atoms with E-state index in [9.17, 15) is 22.4 Å². The second kappa shape index (κ2) is 9.79. The lowest BCUT2D eigenvalue weighted by atomic mass is 10.1. The Kier molecular flexibility index (Phi) is 7.70. The van der Waals surface area contributed by atoms with Crippen LogP contribution in [0, 0.1) is 11.7 Å². The molecule has 0 radical (unpaired) electrons. The Bertz CT molecular complexity index is 895. The van der Waals surface area contributed by atoms with Crippen molar-refractivity contribution in [1.29, 1.82) is 0 Å². The van der Waals surface area contributed by atoms with Crippen molar-refractivity contribution in [3.05, 3.63) is 52.5 Å². The maximum absolute atomic E-state index is 13.1. The van der Waals surface area contributed by atoms with Gasteiger partial charge in [0.25, 0.3) is 0 Å². The van der Waals surface area contributed by atoms with Crippen molar-refractivity contribution in [3.63, 3.8) is 0 Å². The number of benzene rings is 1. The number of carbonyl (C=O) groups excluding carboxylic acids is 2. The molecular formula is C19H23FN2O4S2. The van der Waals surface area contributed by atoms with Crippen molar-refractivity contribution in [2.75, 3.05) is 13.1 Å². The first-order valence-electron chi connectivity index (χ1n) is 8.80. The van der Waals surface area contributed by atoms with Gasteiger partial charge in [0.15, 0.2) is 9.84 Å². The van der Waals surface area contributed by atoms with E-state index >= 15 is 0 Å². The highest BCUT2D eigenvalue weighted by atomic mass is 32.2. The third-order valence-corrected chi connectivity index (χ3v) is 7.27. The molecule has 6 nitrogen and oxygen atoms in total. The van der Waals surface area contributed by atoms with Crippen LogP contribution in [-0.2, 0) is 19.4 Å². The van der Waals surface area contributed by atoms with Crippen molar-refractivity contribution < 1.29 is 22.4 Å². The molecule has 2 rings (SSSR count). The number of hydrogen-bond donors (Lipinski definition) is 2. The van der Waals surface area contributed by atoms with Gasteiger partial charge < -0.3 is 10.6 Å². The summed E-state index contributed by atoms with van der Waals surface area (Å²) in [5, 5.41) is 5.55. The fraction of sp³-hybridized carbons (Fsp3) is 0.368. The van der Waals surface area contributed by atoms with E-state index in [-0.39, 0.29) is 11.4 Å². The third kappa shape index (κ3) is 5.87. The van der Waals surface area contributed by atoms with Gasteiger partial charge in [-0.1, -0.05) is 19.9 Å².